The first kappa shape index (κ1) is 10.8. The molecule has 0 atom stereocenters. The van der Waals surface area contributed by atoms with Gasteiger partial charge < -0.3 is 0 Å². The van der Waals surface area contributed by atoms with Gasteiger partial charge in [-0.1, -0.05) is 29.8 Å². The molecule has 0 aliphatic rings. The summed E-state index contributed by atoms with van der Waals surface area (Å²) in [5.41, 5.74) is 2.74. The zero-order chi connectivity index (χ0) is 11.7. The summed E-state index contributed by atoms with van der Waals surface area (Å²) in [6.07, 6.45) is 0. The highest BCUT2D eigenvalue weighted by molar-refractivity contribution is 5.65. The summed E-state index contributed by atoms with van der Waals surface area (Å²) in [5, 5.41) is 0. The maximum Gasteiger partial charge on any atom is 0.133 e. The first-order valence-corrected chi connectivity index (χ1v) is 5.10. The van der Waals surface area contributed by atoms with Crippen LogP contribution >= 0.6 is 0 Å². The van der Waals surface area contributed by atoms with Crippen LogP contribution in [0.1, 0.15) is 11.1 Å². The van der Waals surface area contributed by atoms with Gasteiger partial charge in [0.05, 0.1) is 0 Å². The second-order valence-electron chi connectivity index (χ2n) is 3.95. The average molecular weight is 218 g/mol. The first-order chi connectivity index (χ1) is 7.58. The molecule has 0 aliphatic carbocycles. The molecule has 0 saturated carbocycles. The average Bonchev–Trinajstić information content (AvgIpc) is 2.23. The van der Waals surface area contributed by atoms with Crippen LogP contribution in [0.25, 0.3) is 11.1 Å². The third kappa shape index (κ3) is 1.96. The first-order valence-electron chi connectivity index (χ1n) is 5.10. The lowest BCUT2D eigenvalue weighted by Gasteiger charge is -2.06. The Morgan fingerprint density at radius 2 is 1.62 bits per heavy atom. The summed E-state index contributed by atoms with van der Waals surface area (Å²) in [6, 6.07) is 9.99. The normalized spacial score (nSPS) is 10.5. The predicted octanol–water partition coefficient (Wildman–Crippen LogP) is 4.25. The minimum atomic E-state index is -0.520. The van der Waals surface area contributed by atoms with Gasteiger partial charge in [-0.3, -0.25) is 0 Å². The number of rotatable bonds is 1. The van der Waals surface area contributed by atoms with Gasteiger partial charge in [-0.15, -0.1) is 0 Å². The molecule has 0 spiro atoms. The number of benzene rings is 2. The van der Waals surface area contributed by atoms with Crippen molar-refractivity contribution in [1.29, 1.82) is 0 Å². The maximum absolute atomic E-state index is 13.6. The summed E-state index contributed by atoms with van der Waals surface area (Å²) in [5.74, 6) is -1.03. The van der Waals surface area contributed by atoms with Crippen LogP contribution in [0.4, 0.5) is 8.78 Å². The van der Waals surface area contributed by atoms with Crippen molar-refractivity contribution in [1.82, 2.24) is 0 Å². The summed E-state index contributed by atoms with van der Waals surface area (Å²) in [4.78, 5) is 0. The van der Waals surface area contributed by atoms with Gasteiger partial charge in [0.1, 0.15) is 11.6 Å². The molecule has 82 valence electrons. The minimum Gasteiger partial charge on any atom is -0.207 e. The SMILES string of the molecule is Cc1cccc(-c2cc(C)c(F)cc2F)c1. The number of hydrogen-bond acceptors (Lipinski definition) is 0. The molecule has 0 bridgehead atoms. The van der Waals surface area contributed by atoms with Gasteiger partial charge in [0.15, 0.2) is 0 Å². The predicted molar refractivity (Wildman–Crippen MR) is 61.3 cm³/mol. The van der Waals surface area contributed by atoms with Gasteiger partial charge in [-0.25, -0.2) is 8.78 Å². The Kier molecular flexibility index (Phi) is 2.73. The molecule has 0 unspecified atom stereocenters. The second kappa shape index (κ2) is 4.05. The monoisotopic (exact) mass is 218 g/mol. The van der Waals surface area contributed by atoms with E-state index in [-0.39, 0.29) is 0 Å². The standard InChI is InChI=1S/C14H12F2/c1-9-4-3-5-11(6-9)12-7-10(2)13(15)8-14(12)16/h3-8H,1-2H3. The molecule has 2 heteroatoms. The van der Waals surface area contributed by atoms with E-state index in [0.717, 1.165) is 17.2 Å². The Balaban J connectivity index is 2.60. The van der Waals surface area contributed by atoms with Crippen LogP contribution < -0.4 is 0 Å². The van der Waals surface area contributed by atoms with Crippen LogP contribution in [0, 0.1) is 25.5 Å². The van der Waals surface area contributed by atoms with Crippen LogP contribution in [0.5, 0.6) is 0 Å². The molecule has 2 aromatic carbocycles. The Morgan fingerprint density at radius 1 is 0.875 bits per heavy atom. The minimum absolute atomic E-state index is 0.447. The lowest BCUT2D eigenvalue weighted by molar-refractivity contribution is 0.579. The van der Waals surface area contributed by atoms with Crippen molar-refractivity contribution in [3.8, 4) is 11.1 Å². The molecule has 16 heavy (non-hydrogen) atoms. The van der Waals surface area contributed by atoms with Crippen LogP contribution in [0.3, 0.4) is 0 Å². The third-order valence-corrected chi connectivity index (χ3v) is 2.58. The summed E-state index contributed by atoms with van der Waals surface area (Å²) < 4.78 is 26.7. The van der Waals surface area contributed by atoms with Gasteiger partial charge in [0.25, 0.3) is 0 Å². The van der Waals surface area contributed by atoms with Gasteiger partial charge in [0.2, 0.25) is 0 Å². The van der Waals surface area contributed by atoms with E-state index in [4.69, 9.17) is 0 Å². The van der Waals surface area contributed by atoms with E-state index in [1.165, 1.54) is 0 Å². The van der Waals surface area contributed by atoms with Crippen molar-refractivity contribution in [2.75, 3.05) is 0 Å². The maximum atomic E-state index is 13.6. The smallest absolute Gasteiger partial charge is 0.133 e. The van der Waals surface area contributed by atoms with Crippen molar-refractivity contribution < 1.29 is 8.78 Å². The van der Waals surface area contributed by atoms with E-state index in [1.54, 1.807) is 13.0 Å². The lowest BCUT2D eigenvalue weighted by Crippen LogP contribution is -1.90. The van der Waals surface area contributed by atoms with Crippen LogP contribution in [-0.2, 0) is 0 Å². The number of halogens is 2. The van der Waals surface area contributed by atoms with Crippen LogP contribution in [0.2, 0.25) is 0 Å². The molecule has 2 aromatic rings. The fourth-order valence-electron chi connectivity index (χ4n) is 1.69. The van der Waals surface area contributed by atoms with E-state index >= 15 is 0 Å². The molecule has 0 aliphatic heterocycles. The van der Waals surface area contributed by atoms with Gasteiger partial charge >= 0.3 is 0 Å². The topological polar surface area (TPSA) is 0 Å². The van der Waals surface area contributed by atoms with E-state index in [1.807, 2.05) is 31.2 Å². The largest absolute Gasteiger partial charge is 0.207 e. The molecule has 0 saturated heterocycles. The molecule has 0 amide bonds. The van der Waals surface area contributed by atoms with Crippen LogP contribution in [-0.4, -0.2) is 0 Å². The van der Waals surface area contributed by atoms with Crippen molar-refractivity contribution in [3.63, 3.8) is 0 Å². The quantitative estimate of drug-likeness (QED) is 0.671. The molecular formula is C14H12F2. The highest BCUT2D eigenvalue weighted by Gasteiger charge is 2.08. The van der Waals surface area contributed by atoms with E-state index in [9.17, 15) is 8.78 Å². The fourth-order valence-corrected chi connectivity index (χ4v) is 1.69. The van der Waals surface area contributed by atoms with Crippen molar-refractivity contribution in [3.05, 3.63) is 59.2 Å². The summed E-state index contributed by atoms with van der Waals surface area (Å²) >= 11 is 0. The molecule has 0 aromatic heterocycles. The second-order valence-corrected chi connectivity index (χ2v) is 3.95. The molecule has 0 nitrogen and oxygen atoms in total. The molecular weight excluding hydrogens is 206 g/mol. The van der Waals surface area contributed by atoms with Crippen molar-refractivity contribution >= 4 is 0 Å². The summed E-state index contributed by atoms with van der Waals surface area (Å²) in [6.45, 7) is 3.58. The van der Waals surface area contributed by atoms with Crippen LogP contribution in [0.15, 0.2) is 36.4 Å². The highest BCUT2D eigenvalue weighted by atomic mass is 19.1. The zero-order valence-corrected chi connectivity index (χ0v) is 9.22. The zero-order valence-electron chi connectivity index (χ0n) is 9.22. The van der Waals surface area contributed by atoms with Crippen molar-refractivity contribution in [2.45, 2.75) is 13.8 Å². The third-order valence-electron chi connectivity index (χ3n) is 2.58. The number of aryl methyl sites for hydroxylation is 2. The Hall–Kier alpha value is -1.70. The Bertz CT molecular complexity index is 530. The lowest BCUT2D eigenvalue weighted by atomic mass is 10.0. The van der Waals surface area contributed by atoms with E-state index in [2.05, 4.69) is 0 Å². The van der Waals surface area contributed by atoms with Gasteiger partial charge in [0, 0.05) is 11.6 Å². The molecule has 0 radical (unpaired) electrons. The molecule has 0 fully saturated rings. The van der Waals surface area contributed by atoms with E-state index < -0.39 is 11.6 Å². The molecule has 0 heterocycles. The van der Waals surface area contributed by atoms with Gasteiger partial charge in [-0.2, -0.15) is 0 Å². The highest BCUT2D eigenvalue weighted by Crippen LogP contribution is 2.25. The van der Waals surface area contributed by atoms with E-state index in [0.29, 0.717) is 11.1 Å². The Morgan fingerprint density at radius 3 is 2.31 bits per heavy atom. The summed E-state index contributed by atoms with van der Waals surface area (Å²) in [7, 11) is 0. The van der Waals surface area contributed by atoms with Crippen molar-refractivity contribution in [2.24, 2.45) is 0 Å². The fraction of sp³-hybridized carbons (Fsp3) is 0.143. The number of hydrogen-bond donors (Lipinski definition) is 0. The van der Waals surface area contributed by atoms with Gasteiger partial charge in [-0.05, 0) is 31.0 Å². The Labute approximate surface area is 93.5 Å². The molecule has 0 N–H and O–H groups in total. The molecule has 2 rings (SSSR count).